The summed E-state index contributed by atoms with van der Waals surface area (Å²) < 4.78 is 16.3. The van der Waals surface area contributed by atoms with Crippen molar-refractivity contribution < 1.29 is 14.2 Å². The molecule has 0 radical (unpaired) electrons. The van der Waals surface area contributed by atoms with E-state index < -0.39 is 0 Å². The minimum atomic E-state index is 0. The average Bonchev–Trinajstić information content (AvgIpc) is 2.83. The number of aliphatic imine (C=N–C) groups is 1. The van der Waals surface area contributed by atoms with Gasteiger partial charge in [0.05, 0.1) is 14.2 Å². The molecule has 170 valence electrons. The molecular formula is C24H29IN4O3. The van der Waals surface area contributed by atoms with Crippen molar-refractivity contribution >= 4 is 29.9 Å². The Morgan fingerprint density at radius 3 is 2.31 bits per heavy atom. The highest BCUT2D eigenvalue weighted by Gasteiger charge is 2.04. The van der Waals surface area contributed by atoms with E-state index >= 15 is 0 Å². The molecule has 0 amide bonds. The van der Waals surface area contributed by atoms with Gasteiger partial charge in [-0.2, -0.15) is 0 Å². The second-order valence-corrected chi connectivity index (χ2v) is 6.70. The third kappa shape index (κ3) is 7.60. The van der Waals surface area contributed by atoms with Gasteiger partial charge in [0.15, 0.2) is 5.96 Å². The maximum atomic E-state index is 5.76. The van der Waals surface area contributed by atoms with Crippen LogP contribution in [0.2, 0.25) is 0 Å². The van der Waals surface area contributed by atoms with Gasteiger partial charge in [0.25, 0.3) is 0 Å². The Kier molecular flexibility index (Phi) is 10.6. The Morgan fingerprint density at radius 1 is 0.906 bits per heavy atom. The lowest BCUT2D eigenvalue weighted by atomic mass is 10.1. The van der Waals surface area contributed by atoms with Crippen LogP contribution in [0.1, 0.15) is 11.1 Å². The molecule has 3 aromatic rings. The van der Waals surface area contributed by atoms with Gasteiger partial charge in [-0.1, -0.05) is 24.3 Å². The summed E-state index contributed by atoms with van der Waals surface area (Å²) in [5.74, 6) is 3.66. The summed E-state index contributed by atoms with van der Waals surface area (Å²) in [4.78, 5) is 8.65. The molecule has 1 heterocycles. The number of methoxy groups -OCH3 is 2. The monoisotopic (exact) mass is 548 g/mol. The Morgan fingerprint density at radius 2 is 1.66 bits per heavy atom. The third-order valence-electron chi connectivity index (χ3n) is 4.64. The van der Waals surface area contributed by atoms with Crippen molar-refractivity contribution in [1.29, 1.82) is 0 Å². The lowest BCUT2D eigenvalue weighted by Gasteiger charge is -2.13. The zero-order chi connectivity index (χ0) is 21.9. The summed E-state index contributed by atoms with van der Waals surface area (Å²) in [6.45, 7) is 1.34. The Hall–Kier alpha value is -3.01. The first-order valence-corrected chi connectivity index (χ1v) is 10.0. The van der Waals surface area contributed by atoms with Crippen molar-refractivity contribution in [1.82, 2.24) is 15.6 Å². The fraction of sp³-hybridized carbons (Fsp3) is 0.250. The minimum Gasteiger partial charge on any atom is -0.497 e. The van der Waals surface area contributed by atoms with Gasteiger partial charge < -0.3 is 24.8 Å². The van der Waals surface area contributed by atoms with Crippen LogP contribution in [0.4, 0.5) is 0 Å². The summed E-state index contributed by atoms with van der Waals surface area (Å²) in [6.07, 6.45) is 2.62. The van der Waals surface area contributed by atoms with E-state index in [2.05, 4.69) is 26.7 Å². The van der Waals surface area contributed by atoms with E-state index in [9.17, 15) is 0 Å². The van der Waals surface area contributed by atoms with Gasteiger partial charge in [0.1, 0.15) is 17.2 Å². The van der Waals surface area contributed by atoms with Gasteiger partial charge in [-0.15, -0.1) is 24.0 Å². The fourth-order valence-corrected chi connectivity index (χ4v) is 2.97. The molecule has 0 bridgehead atoms. The number of benzene rings is 2. The number of pyridine rings is 1. The topological polar surface area (TPSA) is 77.0 Å². The van der Waals surface area contributed by atoms with E-state index in [0.717, 1.165) is 41.6 Å². The molecule has 0 fully saturated rings. The van der Waals surface area contributed by atoms with Crippen LogP contribution in [0.5, 0.6) is 23.1 Å². The molecule has 0 saturated heterocycles. The second kappa shape index (κ2) is 13.4. The van der Waals surface area contributed by atoms with Gasteiger partial charge in [-0.3, -0.25) is 4.99 Å². The second-order valence-electron chi connectivity index (χ2n) is 6.70. The van der Waals surface area contributed by atoms with E-state index in [-0.39, 0.29) is 24.0 Å². The van der Waals surface area contributed by atoms with Gasteiger partial charge in [0, 0.05) is 32.4 Å². The van der Waals surface area contributed by atoms with Crippen molar-refractivity contribution in [3.63, 3.8) is 0 Å². The van der Waals surface area contributed by atoms with Gasteiger partial charge >= 0.3 is 0 Å². The van der Waals surface area contributed by atoms with Crippen LogP contribution in [0.25, 0.3) is 0 Å². The van der Waals surface area contributed by atoms with E-state index in [0.29, 0.717) is 18.2 Å². The quantitative estimate of drug-likeness (QED) is 0.234. The number of hydrogen-bond acceptors (Lipinski definition) is 5. The molecule has 1 aromatic heterocycles. The Bertz CT molecular complexity index is 979. The third-order valence-corrected chi connectivity index (χ3v) is 4.64. The molecular weight excluding hydrogens is 519 g/mol. The van der Waals surface area contributed by atoms with E-state index in [4.69, 9.17) is 14.2 Å². The smallest absolute Gasteiger partial charge is 0.219 e. The van der Waals surface area contributed by atoms with Gasteiger partial charge in [0.2, 0.25) is 5.88 Å². The van der Waals surface area contributed by atoms with E-state index in [1.165, 1.54) is 0 Å². The maximum Gasteiger partial charge on any atom is 0.219 e. The first kappa shape index (κ1) is 25.3. The molecule has 7 nitrogen and oxygen atoms in total. The number of nitrogens with zero attached hydrogens (tertiary/aromatic N) is 2. The van der Waals surface area contributed by atoms with Crippen molar-refractivity contribution in [2.45, 2.75) is 13.0 Å². The summed E-state index contributed by atoms with van der Waals surface area (Å²) in [5.41, 5.74) is 2.18. The summed E-state index contributed by atoms with van der Waals surface area (Å²) in [7, 11) is 5.07. The number of rotatable bonds is 9. The van der Waals surface area contributed by atoms with Gasteiger partial charge in [-0.25, -0.2) is 4.98 Å². The molecule has 0 aliphatic heterocycles. The number of para-hydroxylation sites is 1. The SMILES string of the molecule is CN=C(NCCc1ccccc1OC)NCc1ccc(Oc2ccc(OC)cc2)nc1.I. The minimum absolute atomic E-state index is 0. The van der Waals surface area contributed by atoms with Crippen LogP contribution >= 0.6 is 24.0 Å². The zero-order valence-corrected chi connectivity index (χ0v) is 20.8. The Balaban J connectivity index is 0.00000363. The number of aromatic nitrogens is 1. The number of guanidine groups is 1. The molecule has 32 heavy (non-hydrogen) atoms. The maximum absolute atomic E-state index is 5.76. The molecule has 0 saturated carbocycles. The van der Waals surface area contributed by atoms with Crippen LogP contribution in [0.15, 0.2) is 71.9 Å². The van der Waals surface area contributed by atoms with E-state index in [1.54, 1.807) is 27.5 Å². The first-order chi connectivity index (χ1) is 15.2. The van der Waals surface area contributed by atoms with Crippen molar-refractivity contribution in [2.24, 2.45) is 4.99 Å². The first-order valence-electron chi connectivity index (χ1n) is 10.0. The lowest BCUT2D eigenvalue weighted by molar-refractivity contribution is 0.409. The lowest BCUT2D eigenvalue weighted by Crippen LogP contribution is -2.37. The predicted molar refractivity (Wildman–Crippen MR) is 138 cm³/mol. The normalized spacial score (nSPS) is 10.7. The molecule has 0 aliphatic carbocycles. The Labute approximate surface area is 206 Å². The molecule has 3 rings (SSSR count). The van der Waals surface area contributed by atoms with Crippen LogP contribution in [-0.2, 0) is 13.0 Å². The number of nitrogens with one attached hydrogen (secondary N) is 2. The molecule has 8 heteroatoms. The van der Waals surface area contributed by atoms with Crippen molar-refractivity contribution in [3.05, 3.63) is 78.0 Å². The molecule has 0 aliphatic rings. The van der Waals surface area contributed by atoms with Crippen LogP contribution in [0.3, 0.4) is 0 Å². The van der Waals surface area contributed by atoms with Crippen molar-refractivity contribution in [3.8, 4) is 23.1 Å². The molecule has 0 spiro atoms. The zero-order valence-electron chi connectivity index (χ0n) is 18.5. The van der Waals surface area contributed by atoms with Gasteiger partial charge in [-0.05, 0) is 47.9 Å². The molecule has 0 atom stereocenters. The highest BCUT2D eigenvalue weighted by atomic mass is 127. The molecule has 2 N–H and O–H groups in total. The van der Waals surface area contributed by atoms with E-state index in [1.807, 2.05) is 54.6 Å². The van der Waals surface area contributed by atoms with Crippen LogP contribution < -0.4 is 24.8 Å². The molecule has 2 aromatic carbocycles. The summed E-state index contributed by atoms with van der Waals surface area (Å²) >= 11 is 0. The van der Waals surface area contributed by atoms with Crippen LogP contribution in [-0.4, -0.2) is 38.8 Å². The summed E-state index contributed by atoms with van der Waals surface area (Å²) in [5, 5.41) is 6.62. The standard InChI is InChI=1S/C24H28N4O3.HI/c1-25-24(26-15-14-19-6-4-5-7-22(19)30-3)28-17-18-8-13-23(27-16-18)31-21-11-9-20(29-2)10-12-21;/h4-13,16H,14-15,17H2,1-3H3,(H2,25,26,28);1H. The predicted octanol–water partition coefficient (Wildman–Crippen LogP) is 4.42. The highest BCUT2D eigenvalue weighted by Crippen LogP contribution is 2.22. The fourth-order valence-electron chi connectivity index (χ4n) is 2.97. The number of hydrogen-bond donors (Lipinski definition) is 2. The summed E-state index contributed by atoms with van der Waals surface area (Å²) in [6, 6.07) is 19.2. The number of halogens is 1. The van der Waals surface area contributed by atoms with Crippen molar-refractivity contribution in [2.75, 3.05) is 27.8 Å². The largest absolute Gasteiger partial charge is 0.497 e. The molecule has 0 unspecified atom stereocenters. The van der Waals surface area contributed by atoms with Crippen LogP contribution in [0, 0.1) is 0 Å². The highest BCUT2D eigenvalue weighted by molar-refractivity contribution is 14.0. The number of ether oxygens (including phenoxy) is 3. The average molecular weight is 548 g/mol.